The Hall–Kier alpha value is -1.85. The molecule has 1 amide bonds. The predicted molar refractivity (Wildman–Crippen MR) is 75.3 cm³/mol. The van der Waals surface area contributed by atoms with Crippen molar-refractivity contribution in [2.45, 2.75) is 50.7 Å². The molecule has 3 rings (SSSR count). The number of imidazole rings is 1. The zero-order valence-corrected chi connectivity index (χ0v) is 12.1. The molecule has 1 saturated heterocycles. The number of aryl methyl sites for hydroxylation is 1. The topological polar surface area (TPSA) is 73.2 Å². The smallest absolute Gasteiger partial charge is 0.307 e. The highest BCUT2D eigenvalue weighted by atomic mass is 16.6. The van der Waals surface area contributed by atoms with Crippen LogP contribution in [0.1, 0.15) is 38.5 Å². The number of hydrogen-bond donors (Lipinski definition) is 1. The number of nitrogens with one attached hydrogen (secondary N) is 1. The van der Waals surface area contributed by atoms with Gasteiger partial charge in [-0.3, -0.25) is 9.59 Å². The van der Waals surface area contributed by atoms with Crippen LogP contribution in [0, 0.1) is 5.92 Å². The number of rotatable bonds is 5. The van der Waals surface area contributed by atoms with Crippen LogP contribution in [0.3, 0.4) is 0 Å². The van der Waals surface area contributed by atoms with Crippen molar-refractivity contribution in [3.63, 3.8) is 0 Å². The molecule has 2 aliphatic rings. The SMILES string of the molecule is O=C1C[C@H](C(=O)NCCCn2ccnc2)C2(CCCC2)O1. The quantitative estimate of drug-likeness (QED) is 0.655. The summed E-state index contributed by atoms with van der Waals surface area (Å²) < 4.78 is 7.48. The van der Waals surface area contributed by atoms with Gasteiger partial charge in [0.2, 0.25) is 5.91 Å². The van der Waals surface area contributed by atoms with E-state index in [4.69, 9.17) is 4.74 Å². The predicted octanol–water partition coefficient (Wildman–Crippen LogP) is 1.27. The number of carbonyl (C=O) groups excluding carboxylic acids is 2. The van der Waals surface area contributed by atoms with E-state index in [0.717, 1.165) is 38.6 Å². The van der Waals surface area contributed by atoms with Gasteiger partial charge in [0.25, 0.3) is 0 Å². The monoisotopic (exact) mass is 291 g/mol. The molecule has 1 N–H and O–H groups in total. The Balaban J connectivity index is 1.49. The van der Waals surface area contributed by atoms with E-state index >= 15 is 0 Å². The van der Waals surface area contributed by atoms with Crippen LogP contribution < -0.4 is 5.32 Å². The van der Waals surface area contributed by atoms with Gasteiger partial charge in [0.1, 0.15) is 5.60 Å². The summed E-state index contributed by atoms with van der Waals surface area (Å²) in [5, 5.41) is 2.95. The number of hydrogen-bond acceptors (Lipinski definition) is 4. The summed E-state index contributed by atoms with van der Waals surface area (Å²) >= 11 is 0. The molecule has 0 bridgehead atoms. The maximum absolute atomic E-state index is 12.4. The second kappa shape index (κ2) is 5.87. The minimum absolute atomic E-state index is 0.0339. The van der Waals surface area contributed by atoms with Crippen molar-refractivity contribution in [3.05, 3.63) is 18.7 Å². The molecule has 21 heavy (non-hydrogen) atoms. The number of amides is 1. The number of esters is 1. The van der Waals surface area contributed by atoms with Crippen LogP contribution in [0.2, 0.25) is 0 Å². The van der Waals surface area contributed by atoms with Crippen molar-refractivity contribution in [1.29, 1.82) is 0 Å². The minimum Gasteiger partial charge on any atom is -0.458 e. The number of ether oxygens (including phenoxy) is 1. The van der Waals surface area contributed by atoms with Crippen molar-refractivity contribution in [2.75, 3.05) is 6.54 Å². The Morgan fingerprint density at radius 1 is 1.48 bits per heavy atom. The molecule has 6 nitrogen and oxygen atoms in total. The van der Waals surface area contributed by atoms with Crippen LogP contribution in [0.4, 0.5) is 0 Å². The Morgan fingerprint density at radius 3 is 3.00 bits per heavy atom. The van der Waals surface area contributed by atoms with Gasteiger partial charge < -0.3 is 14.6 Å². The zero-order chi connectivity index (χ0) is 14.7. The molecule has 2 heterocycles. The normalized spacial score (nSPS) is 23.4. The molecule has 1 aromatic heterocycles. The van der Waals surface area contributed by atoms with E-state index in [9.17, 15) is 9.59 Å². The van der Waals surface area contributed by atoms with E-state index in [2.05, 4.69) is 10.3 Å². The Labute approximate surface area is 123 Å². The summed E-state index contributed by atoms with van der Waals surface area (Å²) in [5.41, 5.74) is -0.508. The second-order valence-electron chi connectivity index (χ2n) is 5.95. The summed E-state index contributed by atoms with van der Waals surface area (Å²) in [5.74, 6) is -0.565. The van der Waals surface area contributed by atoms with Crippen LogP contribution in [0.15, 0.2) is 18.7 Å². The van der Waals surface area contributed by atoms with E-state index in [1.165, 1.54) is 0 Å². The fourth-order valence-electron chi connectivity index (χ4n) is 3.46. The molecule has 1 spiro atoms. The van der Waals surface area contributed by atoms with Crippen molar-refractivity contribution >= 4 is 11.9 Å². The molecule has 6 heteroatoms. The summed E-state index contributed by atoms with van der Waals surface area (Å²) in [7, 11) is 0. The largest absolute Gasteiger partial charge is 0.458 e. The lowest BCUT2D eigenvalue weighted by molar-refractivity contribution is -0.149. The highest BCUT2D eigenvalue weighted by molar-refractivity contribution is 5.87. The lowest BCUT2D eigenvalue weighted by atomic mass is 9.85. The first-order chi connectivity index (χ1) is 10.2. The zero-order valence-electron chi connectivity index (χ0n) is 12.1. The Morgan fingerprint density at radius 2 is 2.29 bits per heavy atom. The van der Waals surface area contributed by atoms with Gasteiger partial charge in [0.15, 0.2) is 0 Å². The molecule has 0 aromatic carbocycles. The van der Waals surface area contributed by atoms with E-state index in [-0.39, 0.29) is 24.2 Å². The van der Waals surface area contributed by atoms with Gasteiger partial charge in [-0.05, 0) is 32.1 Å². The number of carbonyl (C=O) groups is 2. The van der Waals surface area contributed by atoms with Crippen LogP contribution in [0.25, 0.3) is 0 Å². The average molecular weight is 291 g/mol. The number of aromatic nitrogens is 2. The molecular formula is C15H21N3O3. The van der Waals surface area contributed by atoms with E-state index in [0.29, 0.717) is 6.54 Å². The van der Waals surface area contributed by atoms with Gasteiger partial charge in [-0.25, -0.2) is 4.98 Å². The van der Waals surface area contributed by atoms with Crippen LogP contribution in [0.5, 0.6) is 0 Å². The summed E-state index contributed by atoms with van der Waals surface area (Å²) in [4.78, 5) is 27.9. The molecule has 2 fully saturated rings. The first-order valence-electron chi connectivity index (χ1n) is 7.65. The molecule has 1 saturated carbocycles. The molecule has 0 radical (unpaired) electrons. The van der Waals surface area contributed by atoms with Crippen molar-refractivity contribution in [3.8, 4) is 0 Å². The maximum Gasteiger partial charge on any atom is 0.307 e. The van der Waals surface area contributed by atoms with Crippen LogP contribution in [-0.2, 0) is 20.9 Å². The molecule has 1 atom stereocenters. The Bertz CT molecular complexity index is 506. The lowest BCUT2D eigenvalue weighted by Crippen LogP contribution is -2.43. The Kier molecular flexibility index (Phi) is 3.94. The van der Waals surface area contributed by atoms with Gasteiger partial charge in [-0.15, -0.1) is 0 Å². The first kappa shape index (κ1) is 14.1. The summed E-state index contributed by atoms with van der Waals surface area (Å²) in [6.45, 7) is 1.43. The third-order valence-electron chi connectivity index (χ3n) is 4.54. The fraction of sp³-hybridized carbons (Fsp3) is 0.667. The second-order valence-corrected chi connectivity index (χ2v) is 5.95. The summed E-state index contributed by atoms with van der Waals surface area (Å²) in [6.07, 6.45) is 10.2. The lowest BCUT2D eigenvalue weighted by Gasteiger charge is -2.27. The van der Waals surface area contributed by atoms with Crippen LogP contribution >= 0.6 is 0 Å². The molecule has 1 aliphatic heterocycles. The molecule has 1 aromatic rings. The third-order valence-corrected chi connectivity index (χ3v) is 4.54. The van der Waals surface area contributed by atoms with Crippen molar-refractivity contribution < 1.29 is 14.3 Å². The molecule has 0 unspecified atom stereocenters. The van der Waals surface area contributed by atoms with Gasteiger partial charge in [0.05, 0.1) is 18.7 Å². The molecule has 1 aliphatic carbocycles. The van der Waals surface area contributed by atoms with E-state index in [1.54, 1.807) is 12.5 Å². The third kappa shape index (κ3) is 2.94. The van der Waals surface area contributed by atoms with Crippen LogP contribution in [-0.4, -0.2) is 33.6 Å². The maximum atomic E-state index is 12.4. The van der Waals surface area contributed by atoms with E-state index < -0.39 is 5.60 Å². The van der Waals surface area contributed by atoms with E-state index in [1.807, 2.05) is 10.8 Å². The van der Waals surface area contributed by atoms with Crippen molar-refractivity contribution in [1.82, 2.24) is 14.9 Å². The highest BCUT2D eigenvalue weighted by Crippen LogP contribution is 2.45. The first-order valence-corrected chi connectivity index (χ1v) is 7.65. The molecule has 114 valence electrons. The van der Waals surface area contributed by atoms with Gasteiger partial charge in [-0.1, -0.05) is 0 Å². The highest BCUT2D eigenvalue weighted by Gasteiger charge is 2.53. The molecular weight excluding hydrogens is 270 g/mol. The fourth-order valence-corrected chi connectivity index (χ4v) is 3.46. The summed E-state index contributed by atoms with van der Waals surface area (Å²) in [6, 6.07) is 0. The minimum atomic E-state index is -0.508. The van der Waals surface area contributed by atoms with Gasteiger partial charge >= 0.3 is 5.97 Å². The number of nitrogens with zero attached hydrogens (tertiary/aromatic N) is 2. The standard InChI is InChI=1S/C15H21N3O3/c19-13-10-12(15(21-13)4-1-2-5-15)14(20)17-6-3-8-18-9-7-16-11-18/h7,9,11-12H,1-6,8,10H2,(H,17,20)/t12-/m1/s1. The van der Waals surface area contributed by atoms with Crippen molar-refractivity contribution in [2.24, 2.45) is 5.92 Å². The van der Waals surface area contributed by atoms with Gasteiger partial charge in [-0.2, -0.15) is 0 Å². The average Bonchev–Trinajstić information content (AvgIpc) is 3.18. The van der Waals surface area contributed by atoms with Gasteiger partial charge in [0, 0.05) is 25.5 Å².